The van der Waals surface area contributed by atoms with Gasteiger partial charge < -0.3 is 29.2 Å². The van der Waals surface area contributed by atoms with Gasteiger partial charge in [0.05, 0.1) is 20.8 Å². The smallest absolute Gasteiger partial charge is 0.345 e. The lowest BCUT2D eigenvalue weighted by molar-refractivity contribution is 0.0519. The van der Waals surface area contributed by atoms with Crippen LogP contribution >= 0.6 is 0 Å². The number of aryl methyl sites for hydroxylation is 1. The third-order valence-electron chi connectivity index (χ3n) is 3.60. The molecule has 0 aromatic heterocycles. The monoisotopic (exact) mass is 376 g/mol. The Morgan fingerprint density at radius 2 is 1.70 bits per heavy atom. The lowest BCUT2D eigenvalue weighted by Gasteiger charge is -2.16. The molecule has 0 radical (unpaired) electrons. The highest BCUT2D eigenvalue weighted by atomic mass is 16.5. The van der Waals surface area contributed by atoms with Crippen LogP contribution < -0.4 is 9.47 Å². The van der Waals surface area contributed by atoms with Gasteiger partial charge in [-0.1, -0.05) is 0 Å². The molecule has 8 heteroatoms. The Balaban J connectivity index is 2.63. The number of aromatic hydroxyl groups is 2. The van der Waals surface area contributed by atoms with Gasteiger partial charge in [0.15, 0.2) is 11.5 Å². The summed E-state index contributed by atoms with van der Waals surface area (Å²) in [6, 6.07) is 5.40. The average Bonchev–Trinajstić information content (AvgIpc) is 2.62. The minimum absolute atomic E-state index is 0.0865. The third kappa shape index (κ3) is 4.22. The van der Waals surface area contributed by atoms with Crippen LogP contribution in [0.4, 0.5) is 0 Å². The Hall–Kier alpha value is -3.42. The molecule has 0 aliphatic carbocycles. The van der Waals surface area contributed by atoms with Gasteiger partial charge in [-0.2, -0.15) is 0 Å². The molecule has 0 amide bonds. The fraction of sp³-hybridized carbons (Fsp3) is 0.263. The lowest BCUT2D eigenvalue weighted by atomic mass is 10.1. The highest BCUT2D eigenvalue weighted by Gasteiger charge is 2.25. The molecule has 0 spiro atoms. The SMILES string of the molecule is CCOC(=O)c1c(O)cc(C)cc1Oc1c(O)cc(OC)cc1C(=O)OC. The van der Waals surface area contributed by atoms with Crippen molar-refractivity contribution in [1.29, 1.82) is 0 Å². The van der Waals surface area contributed by atoms with E-state index in [1.807, 2.05) is 0 Å². The zero-order valence-corrected chi connectivity index (χ0v) is 15.4. The van der Waals surface area contributed by atoms with Gasteiger partial charge in [0.25, 0.3) is 0 Å². The molecule has 0 fully saturated rings. The summed E-state index contributed by atoms with van der Waals surface area (Å²) in [7, 11) is 2.54. The van der Waals surface area contributed by atoms with Crippen LogP contribution in [0.2, 0.25) is 0 Å². The first-order valence-electron chi connectivity index (χ1n) is 8.00. The zero-order valence-electron chi connectivity index (χ0n) is 15.4. The van der Waals surface area contributed by atoms with E-state index in [9.17, 15) is 19.8 Å². The number of phenolic OH excluding ortho intramolecular Hbond substituents is 2. The van der Waals surface area contributed by atoms with Gasteiger partial charge in [0.1, 0.15) is 28.4 Å². The number of ether oxygens (including phenoxy) is 4. The van der Waals surface area contributed by atoms with Crippen molar-refractivity contribution in [2.24, 2.45) is 0 Å². The quantitative estimate of drug-likeness (QED) is 0.740. The fourth-order valence-electron chi connectivity index (χ4n) is 2.41. The molecule has 2 rings (SSSR count). The normalized spacial score (nSPS) is 10.2. The Labute approximate surface area is 155 Å². The van der Waals surface area contributed by atoms with E-state index in [1.54, 1.807) is 13.8 Å². The van der Waals surface area contributed by atoms with E-state index >= 15 is 0 Å². The minimum atomic E-state index is -0.808. The highest BCUT2D eigenvalue weighted by Crippen LogP contribution is 2.41. The standard InChI is InChI=1S/C19H20O8/c1-5-26-19(23)16-13(20)6-10(2)7-15(16)27-17-12(18(22)25-4)8-11(24-3)9-14(17)21/h6-9,20-21H,5H2,1-4H3. The number of phenols is 2. The van der Waals surface area contributed by atoms with Crippen LogP contribution in [0.3, 0.4) is 0 Å². The van der Waals surface area contributed by atoms with Gasteiger partial charge in [-0.15, -0.1) is 0 Å². The van der Waals surface area contributed by atoms with Crippen LogP contribution in [-0.4, -0.2) is 43.0 Å². The summed E-state index contributed by atoms with van der Waals surface area (Å²) in [4.78, 5) is 24.3. The topological polar surface area (TPSA) is 112 Å². The first-order valence-corrected chi connectivity index (χ1v) is 8.00. The second kappa shape index (κ2) is 8.31. The Morgan fingerprint density at radius 3 is 2.30 bits per heavy atom. The Kier molecular flexibility index (Phi) is 6.12. The predicted molar refractivity (Wildman–Crippen MR) is 94.9 cm³/mol. The van der Waals surface area contributed by atoms with E-state index in [1.165, 1.54) is 38.5 Å². The van der Waals surface area contributed by atoms with Gasteiger partial charge >= 0.3 is 11.9 Å². The van der Waals surface area contributed by atoms with Crippen molar-refractivity contribution < 1.29 is 38.7 Å². The number of rotatable bonds is 6. The lowest BCUT2D eigenvalue weighted by Crippen LogP contribution is -2.09. The molecular weight excluding hydrogens is 356 g/mol. The van der Waals surface area contributed by atoms with Crippen molar-refractivity contribution in [3.05, 3.63) is 41.0 Å². The number of hydrogen-bond donors (Lipinski definition) is 2. The summed E-state index contributed by atoms with van der Waals surface area (Å²) >= 11 is 0. The second-order valence-electron chi connectivity index (χ2n) is 5.49. The van der Waals surface area contributed by atoms with Crippen molar-refractivity contribution in [3.8, 4) is 28.7 Å². The molecule has 144 valence electrons. The number of benzene rings is 2. The molecule has 8 nitrogen and oxygen atoms in total. The maximum atomic E-state index is 12.2. The third-order valence-corrected chi connectivity index (χ3v) is 3.60. The zero-order chi connectivity index (χ0) is 20.1. The molecule has 0 atom stereocenters. The van der Waals surface area contributed by atoms with Gasteiger partial charge in [-0.3, -0.25) is 0 Å². The molecule has 0 aliphatic rings. The molecular formula is C19H20O8. The number of esters is 2. The van der Waals surface area contributed by atoms with Crippen LogP contribution in [-0.2, 0) is 9.47 Å². The van der Waals surface area contributed by atoms with E-state index in [2.05, 4.69) is 0 Å². The predicted octanol–water partition coefficient (Wildman–Crippen LogP) is 3.17. The van der Waals surface area contributed by atoms with E-state index in [0.717, 1.165) is 0 Å². The van der Waals surface area contributed by atoms with Gasteiger partial charge in [-0.05, 0) is 37.6 Å². The van der Waals surface area contributed by atoms with Crippen LogP contribution in [0.1, 0.15) is 33.2 Å². The molecule has 2 aromatic rings. The second-order valence-corrected chi connectivity index (χ2v) is 5.49. The van der Waals surface area contributed by atoms with Crippen LogP contribution in [0.15, 0.2) is 24.3 Å². The van der Waals surface area contributed by atoms with Crippen molar-refractivity contribution in [1.82, 2.24) is 0 Å². The van der Waals surface area contributed by atoms with Crippen LogP contribution in [0.5, 0.6) is 28.7 Å². The largest absolute Gasteiger partial charge is 0.507 e. The Bertz CT molecular complexity index is 872. The van der Waals surface area contributed by atoms with E-state index in [-0.39, 0.29) is 40.7 Å². The molecule has 0 aliphatic heterocycles. The Morgan fingerprint density at radius 1 is 1.00 bits per heavy atom. The summed E-state index contributed by atoms with van der Waals surface area (Å²) in [5.74, 6) is -2.49. The van der Waals surface area contributed by atoms with Crippen LogP contribution in [0, 0.1) is 6.92 Å². The summed E-state index contributed by atoms with van der Waals surface area (Å²) in [6.45, 7) is 3.39. The van der Waals surface area contributed by atoms with Gasteiger partial charge in [0, 0.05) is 6.07 Å². The average molecular weight is 376 g/mol. The van der Waals surface area contributed by atoms with E-state index in [0.29, 0.717) is 5.56 Å². The first-order chi connectivity index (χ1) is 12.8. The van der Waals surface area contributed by atoms with Gasteiger partial charge in [0.2, 0.25) is 0 Å². The maximum absolute atomic E-state index is 12.2. The van der Waals surface area contributed by atoms with Crippen LogP contribution in [0.25, 0.3) is 0 Å². The maximum Gasteiger partial charge on any atom is 0.345 e. The molecule has 0 bridgehead atoms. The summed E-state index contributed by atoms with van der Waals surface area (Å²) in [5.41, 5.74) is 0.238. The van der Waals surface area contributed by atoms with Crippen molar-refractivity contribution >= 4 is 11.9 Å². The number of methoxy groups -OCH3 is 2. The van der Waals surface area contributed by atoms with Gasteiger partial charge in [-0.25, -0.2) is 9.59 Å². The first kappa shape index (κ1) is 19.9. The summed E-state index contributed by atoms with van der Waals surface area (Å²) in [5, 5.41) is 20.5. The molecule has 0 saturated carbocycles. The van der Waals surface area contributed by atoms with Crippen molar-refractivity contribution in [2.45, 2.75) is 13.8 Å². The number of hydrogen-bond acceptors (Lipinski definition) is 8. The molecule has 0 unspecified atom stereocenters. The fourth-order valence-corrected chi connectivity index (χ4v) is 2.41. The molecule has 2 N–H and O–H groups in total. The summed E-state index contributed by atoms with van der Waals surface area (Å²) < 4.78 is 20.3. The molecule has 27 heavy (non-hydrogen) atoms. The van der Waals surface area contributed by atoms with E-state index in [4.69, 9.17) is 18.9 Å². The highest BCUT2D eigenvalue weighted by molar-refractivity contribution is 5.97. The van der Waals surface area contributed by atoms with E-state index < -0.39 is 17.7 Å². The minimum Gasteiger partial charge on any atom is -0.507 e. The number of carbonyl (C=O) groups excluding carboxylic acids is 2. The molecule has 0 heterocycles. The molecule has 0 saturated heterocycles. The number of carbonyl (C=O) groups is 2. The van der Waals surface area contributed by atoms with Crippen molar-refractivity contribution in [3.63, 3.8) is 0 Å². The van der Waals surface area contributed by atoms with Crippen molar-refractivity contribution in [2.75, 3.05) is 20.8 Å². The molecule has 2 aromatic carbocycles. The summed E-state index contributed by atoms with van der Waals surface area (Å²) in [6.07, 6.45) is 0.